The van der Waals surface area contributed by atoms with E-state index in [-0.39, 0.29) is 5.69 Å². The summed E-state index contributed by atoms with van der Waals surface area (Å²) in [5.74, 6) is -0.655. The summed E-state index contributed by atoms with van der Waals surface area (Å²) in [5, 5.41) is 14.8. The minimum absolute atomic E-state index is 0.0664. The second-order valence-electron chi connectivity index (χ2n) is 5.84. The number of anilines is 1. The Labute approximate surface area is 166 Å². The molecular weight excluding hydrogens is 408 g/mol. The van der Waals surface area contributed by atoms with Crippen LogP contribution in [-0.4, -0.2) is 38.3 Å². The molecule has 2 rings (SSSR count). The first-order valence-electron chi connectivity index (χ1n) is 7.88. The van der Waals surface area contributed by atoms with E-state index in [2.05, 4.69) is 10.5 Å². The fourth-order valence-corrected chi connectivity index (χ4v) is 3.45. The number of nitro groups is 1. The molecule has 1 N–H and O–H groups in total. The first kappa shape index (κ1) is 21.3. The van der Waals surface area contributed by atoms with Crippen LogP contribution in [0.5, 0.6) is 0 Å². The van der Waals surface area contributed by atoms with Gasteiger partial charge >= 0.3 is 0 Å². The second kappa shape index (κ2) is 8.81. The Morgan fingerprint density at radius 1 is 1.29 bits per heavy atom. The Kier molecular flexibility index (Phi) is 6.71. The maximum atomic E-state index is 12.1. The average molecular weight is 425 g/mol. The molecule has 0 fully saturated rings. The van der Waals surface area contributed by atoms with Gasteiger partial charge in [-0.15, -0.1) is 0 Å². The molecule has 0 unspecified atom stereocenters. The third-order valence-corrected chi connectivity index (χ3v) is 4.98. The van der Waals surface area contributed by atoms with Crippen molar-refractivity contribution in [2.45, 2.75) is 6.92 Å². The summed E-state index contributed by atoms with van der Waals surface area (Å²) < 4.78 is 25.2. The van der Waals surface area contributed by atoms with Crippen LogP contribution < -0.4 is 9.73 Å². The third-order valence-electron chi connectivity index (χ3n) is 3.62. The van der Waals surface area contributed by atoms with Gasteiger partial charge in [0.15, 0.2) is 0 Å². The van der Waals surface area contributed by atoms with Crippen LogP contribution in [0.4, 0.5) is 11.4 Å². The summed E-state index contributed by atoms with van der Waals surface area (Å²) in [6, 6.07) is 10.2. The highest BCUT2D eigenvalue weighted by atomic mass is 35.5. The van der Waals surface area contributed by atoms with Gasteiger partial charge in [0.2, 0.25) is 10.0 Å². The summed E-state index contributed by atoms with van der Waals surface area (Å²) in [7, 11) is -3.72. The number of sulfonamides is 1. The Morgan fingerprint density at radius 3 is 2.46 bits per heavy atom. The quantitative estimate of drug-likeness (QED) is 0.415. The zero-order chi connectivity index (χ0) is 20.9. The molecular formula is C17H17ClN4O5S. The number of aryl methyl sites for hydroxylation is 1. The van der Waals surface area contributed by atoms with E-state index in [4.69, 9.17) is 11.6 Å². The number of nitrogens with one attached hydrogen (secondary N) is 1. The maximum Gasteiger partial charge on any atom is 0.269 e. The lowest BCUT2D eigenvalue weighted by Gasteiger charge is -2.23. The molecule has 0 radical (unpaired) electrons. The lowest BCUT2D eigenvalue weighted by atomic mass is 10.2. The minimum atomic E-state index is -3.72. The van der Waals surface area contributed by atoms with E-state index in [1.54, 1.807) is 13.0 Å². The molecule has 0 aliphatic rings. The highest BCUT2D eigenvalue weighted by Crippen LogP contribution is 2.25. The first-order valence-corrected chi connectivity index (χ1v) is 10.1. The predicted octanol–water partition coefficient (Wildman–Crippen LogP) is 2.47. The highest BCUT2D eigenvalue weighted by Gasteiger charge is 2.22. The van der Waals surface area contributed by atoms with Gasteiger partial charge in [-0.3, -0.25) is 19.2 Å². The number of carbonyl (C=O) groups is 1. The Balaban J connectivity index is 2.08. The number of hydrogen-bond donors (Lipinski definition) is 1. The first-order chi connectivity index (χ1) is 13.1. The summed E-state index contributed by atoms with van der Waals surface area (Å²) in [5.41, 5.74) is 3.63. The van der Waals surface area contributed by atoms with Crippen LogP contribution in [0.1, 0.15) is 11.1 Å². The van der Waals surface area contributed by atoms with Gasteiger partial charge < -0.3 is 0 Å². The molecule has 0 aliphatic heterocycles. The Morgan fingerprint density at radius 2 is 1.93 bits per heavy atom. The number of nitro benzene ring substituents is 1. The molecule has 2 aromatic carbocycles. The minimum Gasteiger partial charge on any atom is -0.271 e. The van der Waals surface area contributed by atoms with Crippen LogP contribution in [0.3, 0.4) is 0 Å². The summed E-state index contributed by atoms with van der Waals surface area (Å²) >= 11 is 5.89. The molecule has 0 saturated carbocycles. The molecule has 0 aromatic heterocycles. The van der Waals surface area contributed by atoms with E-state index >= 15 is 0 Å². The van der Waals surface area contributed by atoms with Crippen LogP contribution in [0.2, 0.25) is 5.02 Å². The zero-order valence-corrected chi connectivity index (χ0v) is 16.6. The highest BCUT2D eigenvalue weighted by molar-refractivity contribution is 7.92. The average Bonchev–Trinajstić information content (AvgIpc) is 2.60. The second-order valence-corrected chi connectivity index (χ2v) is 8.19. The SMILES string of the molecule is Cc1cc(Cl)ccc1N(CC(=O)N/N=C\c1ccc([N+](=O)[O-])cc1)S(C)(=O)=O. The molecule has 0 atom stereocenters. The van der Waals surface area contributed by atoms with E-state index in [9.17, 15) is 23.3 Å². The molecule has 0 saturated heterocycles. The van der Waals surface area contributed by atoms with Crippen LogP contribution >= 0.6 is 11.6 Å². The van der Waals surface area contributed by atoms with Crippen molar-refractivity contribution in [1.29, 1.82) is 0 Å². The number of benzene rings is 2. The van der Waals surface area contributed by atoms with Gasteiger partial charge in [-0.2, -0.15) is 5.10 Å². The lowest BCUT2D eigenvalue weighted by Crippen LogP contribution is -2.39. The van der Waals surface area contributed by atoms with Gasteiger partial charge in [0.1, 0.15) is 6.54 Å². The number of nitrogens with zero attached hydrogens (tertiary/aromatic N) is 3. The molecule has 11 heteroatoms. The van der Waals surface area contributed by atoms with Crippen molar-refractivity contribution in [2.75, 3.05) is 17.1 Å². The van der Waals surface area contributed by atoms with E-state index in [1.807, 2.05) is 0 Å². The van der Waals surface area contributed by atoms with Crippen molar-refractivity contribution >= 4 is 45.1 Å². The van der Waals surface area contributed by atoms with E-state index in [0.717, 1.165) is 10.6 Å². The van der Waals surface area contributed by atoms with Gasteiger partial charge in [0.05, 0.1) is 23.1 Å². The lowest BCUT2D eigenvalue weighted by molar-refractivity contribution is -0.384. The topological polar surface area (TPSA) is 122 Å². The number of carbonyl (C=O) groups excluding carboxylic acids is 1. The molecule has 0 spiro atoms. The monoisotopic (exact) mass is 424 g/mol. The van der Waals surface area contributed by atoms with Crippen molar-refractivity contribution < 1.29 is 18.1 Å². The Hall–Kier alpha value is -2.98. The van der Waals surface area contributed by atoms with Crippen molar-refractivity contribution in [3.63, 3.8) is 0 Å². The van der Waals surface area contributed by atoms with Gasteiger partial charge in [-0.1, -0.05) is 11.6 Å². The van der Waals surface area contributed by atoms with Gasteiger partial charge in [0.25, 0.3) is 11.6 Å². The summed E-state index contributed by atoms with van der Waals surface area (Å²) in [6.07, 6.45) is 2.29. The molecule has 28 heavy (non-hydrogen) atoms. The molecule has 0 aliphatic carbocycles. The van der Waals surface area contributed by atoms with E-state index in [1.165, 1.54) is 42.6 Å². The summed E-state index contributed by atoms with van der Waals surface area (Å²) in [4.78, 5) is 22.2. The van der Waals surface area contributed by atoms with Crippen molar-refractivity contribution in [2.24, 2.45) is 5.10 Å². The fraction of sp³-hybridized carbons (Fsp3) is 0.176. The molecule has 2 aromatic rings. The van der Waals surface area contributed by atoms with Gasteiger partial charge in [-0.05, 0) is 48.4 Å². The number of hydrazone groups is 1. The van der Waals surface area contributed by atoms with Crippen molar-refractivity contribution in [1.82, 2.24) is 5.43 Å². The van der Waals surface area contributed by atoms with Gasteiger partial charge in [0, 0.05) is 17.2 Å². The molecule has 9 nitrogen and oxygen atoms in total. The number of non-ortho nitro benzene ring substituents is 1. The zero-order valence-electron chi connectivity index (χ0n) is 15.0. The van der Waals surface area contributed by atoms with Crippen LogP contribution in [0, 0.1) is 17.0 Å². The standard InChI is InChI=1S/C17H17ClN4O5S/c1-12-9-14(18)5-8-16(12)21(28(2,26)27)11-17(23)20-19-10-13-3-6-15(7-4-13)22(24)25/h3-10H,11H2,1-2H3,(H,20,23)/b19-10-. The normalized spacial score (nSPS) is 11.4. The molecule has 0 bridgehead atoms. The summed E-state index contributed by atoms with van der Waals surface area (Å²) in [6.45, 7) is 1.21. The van der Waals surface area contributed by atoms with Gasteiger partial charge in [-0.25, -0.2) is 13.8 Å². The van der Waals surface area contributed by atoms with Crippen LogP contribution in [0.25, 0.3) is 0 Å². The predicted molar refractivity (Wildman–Crippen MR) is 107 cm³/mol. The molecule has 148 valence electrons. The van der Waals surface area contributed by atoms with Crippen LogP contribution in [0.15, 0.2) is 47.6 Å². The fourth-order valence-electron chi connectivity index (χ4n) is 2.31. The van der Waals surface area contributed by atoms with E-state index in [0.29, 0.717) is 21.8 Å². The Bertz CT molecular complexity index is 1020. The largest absolute Gasteiger partial charge is 0.271 e. The number of rotatable bonds is 7. The smallest absolute Gasteiger partial charge is 0.269 e. The third kappa shape index (κ3) is 5.76. The van der Waals surface area contributed by atoms with Crippen molar-refractivity contribution in [3.8, 4) is 0 Å². The maximum absolute atomic E-state index is 12.1. The van der Waals surface area contributed by atoms with Crippen molar-refractivity contribution in [3.05, 3.63) is 68.7 Å². The number of hydrogen-bond acceptors (Lipinski definition) is 6. The van der Waals surface area contributed by atoms with Crippen LogP contribution in [-0.2, 0) is 14.8 Å². The van der Waals surface area contributed by atoms with E-state index < -0.39 is 27.4 Å². The number of halogens is 1. The molecule has 0 heterocycles. The molecule has 1 amide bonds. The number of amides is 1.